The van der Waals surface area contributed by atoms with E-state index in [1.54, 1.807) is 29.2 Å². The number of imide groups is 1. The number of benzene rings is 2. The van der Waals surface area contributed by atoms with Crippen LogP contribution in [0.5, 0.6) is 0 Å². The van der Waals surface area contributed by atoms with Crippen molar-refractivity contribution in [2.75, 3.05) is 25.0 Å². The Morgan fingerprint density at radius 2 is 1.70 bits per heavy atom. The van der Waals surface area contributed by atoms with Crippen LogP contribution in [0.4, 0.5) is 14.5 Å². The van der Waals surface area contributed by atoms with E-state index in [-0.39, 0.29) is 47.1 Å². The van der Waals surface area contributed by atoms with Gasteiger partial charge in [-0.2, -0.15) is 0 Å². The van der Waals surface area contributed by atoms with Crippen LogP contribution in [-0.4, -0.2) is 59.1 Å². The van der Waals surface area contributed by atoms with Crippen molar-refractivity contribution < 1.29 is 28.0 Å². The van der Waals surface area contributed by atoms with Gasteiger partial charge in [0.25, 0.3) is 23.6 Å². The molecule has 0 radical (unpaired) electrons. The standard InChI is InChI=1S/C27H24F2N4O4/c28-13-16(15-33-25(35)20-6-1-2-7-21(20)26(33)36)14-30-22-10-11-32(19-8-9-19)27(37)23(22)24(34)31-18-5-3-4-17(29)12-18/h1-7,12-13,19,30H,8-11,14-15H2,(H,31,34)/b16-13-. The van der Waals surface area contributed by atoms with Crippen molar-refractivity contribution in [2.45, 2.75) is 25.3 Å². The lowest BCUT2D eigenvalue weighted by molar-refractivity contribution is -0.130. The Bertz CT molecular complexity index is 1330. The molecule has 37 heavy (non-hydrogen) atoms. The molecule has 2 heterocycles. The van der Waals surface area contributed by atoms with Crippen LogP contribution in [0.15, 0.2) is 71.7 Å². The molecule has 2 aromatic carbocycles. The molecule has 0 spiro atoms. The molecule has 10 heteroatoms. The molecule has 1 aliphatic carbocycles. The van der Waals surface area contributed by atoms with Crippen LogP contribution in [0.1, 0.15) is 40.0 Å². The highest BCUT2D eigenvalue weighted by atomic mass is 19.1. The number of carbonyl (C=O) groups is 4. The number of carbonyl (C=O) groups excluding carboxylic acids is 4. The van der Waals surface area contributed by atoms with E-state index in [1.165, 1.54) is 18.2 Å². The zero-order valence-electron chi connectivity index (χ0n) is 19.8. The summed E-state index contributed by atoms with van der Waals surface area (Å²) in [6, 6.07) is 11.8. The van der Waals surface area contributed by atoms with E-state index in [2.05, 4.69) is 10.6 Å². The normalized spacial score (nSPS) is 17.9. The van der Waals surface area contributed by atoms with E-state index in [4.69, 9.17) is 0 Å². The molecule has 190 valence electrons. The van der Waals surface area contributed by atoms with Gasteiger partial charge in [-0.25, -0.2) is 8.78 Å². The quantitative estimate of drug-likeness (QED) is 0.424. The summed E-state index contributed by atoms with van der Waals surface area (Å²) in [6.45, 7) is -0.0154. The number of hydrogen-bond donors (Lipinski definition) is 2. The van der Waals surface area contributed by atoms with Crippen molar-refractivity contribution >= 4 is 29.3 Å². The van der Waals surface area contributed by atoms with Gasteiger partial charge in [0.15, 0.2) is 0 Å². The second-order valence-electron chi connectivity index (χ2n) is 9.16. The van der Waals surface area contributed by atoms with Gasteiger partial charge >= 0.3 is 0 Å². The maximum Gasteiger partial charge on any atom is 0.263 e. The van der Waals surface area contributed by atoms with Crippen molar-refractivity contribution in [3.63, 3.8) is 0 Å². The Labute approximate surface area is 211 Å². The predicted molar refractivity (Wildman–Crippen MR) is 130 cm³/mol. The molecule has 2 aromatic rings. The molecule has 0 aromatic heterocycles. The van der Waals surface area contributed by atoms with Crippen LogP contribution >= 0.6 is 0 Å². The van der Waals surface area contributed by atoms with Crippen molar-refractivity contribution in [3.05, 3.63) is 88.6 Å². The van der Waals surface area contributed by atoms with Crippen molar-refractivity contribution in [1.29, 1.82) is 0 Å². The summed E-state index contributed by atoms with van der Waals surface area (Å²) in [7, 11) is 0. The molecule has 4 amide bonds. The monoisotopic (exact) mass is 506 g/mol. The van der Waals surface area contributed by atoms with Gasteiger partial charge in [0.05, 0.1) is 24.0 Å². The largest absolute Gasteiger partial charge is 0.384 e. The van der Waals surface area contributed by atoms with Gasteiger partial charge in [-0.3, -0.25) is 24.1 Å². The number of amides is 4. The molecule has 0 atom stereocenters. The van der Waals surface area contributed by atoms with Crippen molar-refractivity contribution in [2.24, 2.45) is 0 Å². The van der Waals surface area contributed by atoms with E-state index in [9.17, 15) is 28.0 Å². The molecule has 0 bridgehead atoms. The Balaban J connectivity index is 1.33. The van der Waals surface area contributed by atoms with Gasteiger partial charge in [0.2, 0.25) is 0 Å². The first kappa shape index (κ1) is 24.4. The number of halogens is 2. The third kappa shape index (κ3) is 4.87. The van der Waals surface area contributed by atoms with E-state index in [0.717, 1.165) is 23.8 Å². The molecule has 1 fully saturated rings. The topological polar surface area (TPSA) is 98.8 Å². The third-order valence-electron chi connectivity index (χ3n) is 6.60. The van der Waals surface area contributed by atoms with E-state index in [1.807, 2.05) is 0 Å². The van der Waals surface area contributed by atoms with Gasteiger partial charge in [0, 0.05) is 36.9 Å². The van der Waals surface area contributed by atoms with E-state index in [0.29, 0.717) is 25.0 Å². The molecule has 3 aliphatic rings. The summed E-state index contributed by atoms with van der Waals surface area (Å²) in [5.41, 5.74) is 0.998. The lowest BCUT2D eigenvalue weighted by Crippen LogP contribution is -2.44. The maximum absolute atomic E-state index is 13.8. The minimum Gasteiger partial charge on any atom is -0.384 e. The smallest absolute Gasteiger partial charge is 0.263 e. The fourth-order valence-corrected chi connectivity index (χ4v) is 4.57. The van der Waals surface area contributed by atoms with Crippen LogP contribution < -0.4 is 10.6 Å². The minimum absolute atomic E-state index is 0.0844. The molecule has 0 saturated heterocycles. The van der Waals surface area contributed by atoms with Crippen LogP contribution in [0.2, 0.25) is 0 Å². The first-order valence-corrected chi connectivity index (χ1v) is 12.0. The Morgan fingerprint density at radius 3 is 2.32 bits per heavy atom. The summed E-state index contributed by atoms with van der Waals surface area (Å²) in [4.78, 5) is 54.3. The number of hydrogen-bond acceptors (Lipinski definition) is 5. The summed E-state index contributed by atoms with van der Waals surface area (Å²) < 4.78 is 27.4. The zero-order valence-corrected chi connectivity index (χ0v) is 19.8. The molecule has 8 nitrogen and oxygen atoms in total. The molecule has 5 rings (SSSR count). The van der Waals surface area contributed by atoms with E-state index < -0.39 is 29.4 Å². The van der Waals surface area contributed by atoms with E-state index >= 15 is 0 Å². The first-order valence-electron chi connectivity index (χ1n) is 12.0. The highest BCUT2D eigenvalue weighted by molar-refractivity contribution is 6.24. The van der Waals surface area contributed by atoms with Crippen LogP contribution in [-0.2, 0) is 9.59 Å². The fourth-order valence-electron chi connectivity index (χ4n) is 4.57. The molecule has 2 N–H and O–H groups in total. The SMILES string of the molecule is O=C(Nc1cccc(F)c1)C1=C(NC/C(=C/F)CN2C(=O)c3ccccc3C2=O)CCN(C2CC2)C1=O. The number of anilines is 1. The van der Waals surface area contributed by atoms with Gasteiger partial charge in [-0.1, -0.05) is 18.2 Å². The fraction of sp³-hybridized carbons (Fsp3) is 0.259. The van der Waals surface area contributed by atoms with Crippen molar-refractivity contribution in [3.8, 4) is 0 Å². The molecule has 0 unspecified atom stereocenters. The number of nitrogens with one attached hydrogen (secondary N) is 2. The number of nitrogens with zero attached hydrogens (tertiary/aromatic N) is 2. The summed E-state index contributed by atoms with van der Waals surface area (Å²) >= 11 is 0. The zero-order chi connectivity index (χ0) is 26.1. The first-order chi connectivity index (χ1) is 17.9. The minimum atomic E-state index is -0.699. The van der Waals surface area contributed by atoms with Crippen LogP contribution in [0.3, 0.4) is 0 Å². The van der Waals surface area contributed by atoms with Crippen molar-refractivity contribution in [1.82, 2.24) is 15.1 Å². The lowest BCUT2D eigenvalue weighted by Gasteiger charge is -2.31. The highest BCUT2D eigenvalue weighted by Crippen LogP contribution is 2.32. The molecule has 2 aliphatic heterocycles. The summed E-state index contributed by atoms with van der Waals surface area (Å²) in [6.07, 6.45) is 2.37. The summed E-state index contributed by atoms with van der Waals surface area (Å²) in [5, 5.41) is 5.54. The van der Waals surface area contributed by atoms with Crippen LogP contribution in [0, 0.1) is 5.82 Å². The second-order valence-corrected chi connectivity index (χ2v) is 9.16. The predicted octanol–water partition coefficient (Wildman–Crippen LogP) is 3.15. The highest BCUT2D eigenvalue weighted by Gasteiger charge is 2.40. The lowest BCUT2D eigenvalue weighted by atomic mass is 10.0. The average molecular weight is 507 g/mol. The number of rotatable bonds is 8. The molecular weight excluding hydrogens is 482 g/mol. The summed E-state index contributed by atoms with van der Waals surface area (Å²) in [5.74, 6) is -2.71. The Kier molecular flexibility index (Phi) is 6.56. The number of fused-ring (bicyclic) bond motifs is 1. The average Bonchev–Trinajstić information content (AvgIpc) is 3.70. The van der Waals surface area contributed by atoms with Crippen LogP contribution in [0.25, 0.3) is 0 Å². The second kappa shape index (κ2) is 9.96. The van der Waals surface area contributed by atoms with Gasteiger partial charge in [-0.15, -0.1) is 0 Å². The van der Waals surface area contributed by atoms with Gasteiger partial charge < -0.3 is 15.5 Å². The van der Waals surface area contributed by atoms with Gasteiger partial charge in [-0.05, 0) is 48.7 Å². The Hall–Kier alpha value is -4.34. The van der Waals surface area contributed by atoms with Gasteiger partial charge in [0.1, 0.15) is 11.4 Å². The molecule has 1 saturated carbocycles. The third-order valence-corrected chi connectivity index (χ3v) is 6.60. The molecular formula is C27H24F2N4O4. The maximum atomic E-state index is 13.8. The Morgan fingerprint density at radius 1 is 1.00 bits per heavy atom.